The molecule has 0 aromatic rings. The summed E-state index contributed by atoms with van der Waals surface area (Å²) in [4.78, 5) is 0. The van der Waals surface area contributed by atoms with Crippen molar-refractivity contribution in [3.63, 3.8) is 0 Å². The standard InChI is InChI=1S/C12H26O2S2/c1-2-12(11-14-7-4-10-16)5-8-13-6-3-9-15/h12,15-16H,2-11H2,1H3. The largest absolute Gasteiger partial charge is 0.381 e. The fraction of sp³-hybridized carbons (Fsp3) is 1.00. The van der Waals surface area contributed by atoms with Gasteiger partial charge in [-0.3, -0.25) is 0 Å². The molecule has 2 nitrogen and oxygen atoms in total. The molecule has 4 heteroatoms. The zero-order chi connectivity index (χ0) is 12.1. The summed E-state index contributed by atoms with van der Waals surface area (Å²) in [7, 11) is 0. The first-order valence-electron chi connectivity index (χ1n) is 6.22. The van der Waals surface area contributed by atoms with Gasteiger partial charge in [-0.1, -0.05) is 13.3 Å². The van der Waals surface area contributed by atoms with Crippen molar-refractivity contribution in [2.75, 3.05) is 37.9 Å². The van der Waals surface area contributed by atoms with E-state index in [0.717, 1.165) is 63.6 Å². The van der Waals surface area contributed by atoms with Crippen LogP contribution >= 0.6 is 25.3 Å². The van der Waals surface area contributed by atoms with E-state index < -0.39 is 0 Å². The number of hydrogen-bond acceptors (Lipinski definition) is 4. The van der Waals surface area contributed by atoms with Gasteiger partial charge in [0.1, 0.15) is 0 Å². The topological polar surface area (TPSA) is 18.5 Å². The fourth-order valence-electron chi connectivity index (χ4n) is 1.34. The Kier molecular flexibility index (Phi) is 14.2. The van der Waals surface area contributed by atoms with Gasteiger partial charge in [-0.25, -0.2) is 0 Å². The maximum atomic E-state index is 5.59. The predicted molar refractivity (Wildman–Crippen MR) is 77.0 cm³/mol. The molecule has 0 spiro atoms. The number of hydrogen-bond donors (Lipinski definition) is 2. The summed E-state index contributed by atoms with van der Waals surface area (Å²) < 4.78 is 11.1. The Balaban J connectivity index is 3.29. The molecule has 0 radical (unpaired) electrons. The summed E-state index contributed by atoms with van der Waals surface area (Å²) in [6.45, 7) is 5.59. The SMILES string of the molecule is CCC(CCOCCCS)COCCCS. The highest BCUT2D eigenvalue weighted by Crippen LogP contribution is 2.09. The molecule has 0 saturated heterocycles. The molecule has 0 N–H and O–H groups in total. The van der Waals surface area contributed by atoms with Crippen LogP contribution in [0.3, 0.4) is 0 Å². The minimum atomic E-state index is 0.635. The molecule has 1 atom stereocenters. The third-order valence-electron chi connectivity index (χ3n) is 2.49. The second-order valence-electron chi connectivity index (χ2n) is 3.90. The molecule has 0 saturated carbocycles. The van der Waals surface area contributed by atoms with E-state index in [1.54, 1.807) is 0 Å². The van der Waals surface area contributed by atoms with Gasteiger partial charge in [-0.15, -0.1) is 0 Å². The summed E-state index contributed by atoms with van der Waals surface area (Å²) in [6, 6.07) is 0. The monoisotopic (exact) mass is 266 g/mol. The Hall–Kier alpha value is 0.620. The fourth-order valence-corrected chi connectivity index (χ4v) is 1.60. The molecule has 0 aliphatic rings. The highest BCUT2D eigenvalue weighted by Gasteiger charge is 2.06. The average molecular weight is 266 g/mol. The number of thiol groups is 2. The van der Waals surface area contributed by atoms with Crippen molar-refractivity contribution in [1.29, 1.82) is 0 Å². The molecule has 16 heavy (non-hydrogen) atoms. The first kappa shape index (κ1) is 16.6. The lowest BCUT2D eigenvalue weighted by Crippen LogP contribution is -2.13. The van der Waals surface area contributed by atoms with Crippen LogP contribution < -0.4 is 0 Å². The summed E-state index contributed by atoms with van der Waals surface area (Å²) in [5.41, 5.74) is 0. The lowest BCUT2D eigenvalue weighted by molar-refractivity contribution is 0.0698. The molecule has 0 aromatic heterocycles. The highest BCUT2D eigenvalue weighted by atomic mass is 32.1. The van der Waals surface area contributed by atoms with E-state index in [2.05, 4.69) is 32.2 Å². The van der Waals surface area contributed by atoms with E-state index in [9.17, 15) is 0 Å². The van der Waals surface area contributed by atoms with E-state index in [1.165, 1.54) is 0 Å². The van der Waals surface area contributed by atoms with Gasteiger partial charge >= 0.3 is 0 Å². The van der Waals surface area contributed by atoms with Crippen molar-refractivity contribution in [1.82, 2.24) is 0 Å². The zero-order valence-electron chi connectivity index (χ0n) is 10.4. The van der Waals surface area contributed by atoms with Crippen LogP contribution in [0.1, 0.15) is 32.6 Å². The molecular weight excluding hydrogens is 240 g/mol. The van der Waals surface area contributed by atoms with E-state index in [1.807, 2.05) is 0 Å². The van der Waals surface area contributed by atoms with Crippen molar-refractivity contribution in [2.24, 2.45) is 5.92 Å². The van der Waals surface area contributed by atoms with E-state index in [4.69, 9.17) is 9.47 Å². The van der Waals surface area contributed by atoms with Crippen molar-refractivity contribution in [3.8, 4) is 0 Å². The lowest BCUT2D eigenvalue weighted by atomic mass is 10.0. The second kappa shape index (κ2) is 13.7. The van der Waals surface area contributed by atoms with Crippen LogP contribution in [0.4, 0.5) is 0 Å². The Morgan fingerprint density at radius 1 is 0.938 bits per heavy atom. The lowest BCUT2D eigenvalue weighted by Gasteiger charge is -2.15. The summed E-state index contributed by atoms with van der Waals surface area (Å²) in [5, 5.41) is 0. The molecular formula is C12H26O2S2. The van der Waals surface area contributed by atoms with Crippen molar-refractivity contribution < 1.29 is 9.47 Å². The third kappa shape index (κ3) is 11.1. The van der Waals surface area contributed by atoms with Gasteiger partial charge in [0, 0.05) is 26.4 Å². The van der Waals surface area contributed by atoms with Gasteiger partial charge < -0.3 is 9.47 Å². The van der Waals surface area contributed by atoms with Crippen LogP contribution in [0.5, 0.6) is 0 Å². The smallest absolute Gasteiger partial charge is 0.0495 e. The Morgan fingerprint density at radius 3 is 2.12 bits per heavy atom. The molecule has 1 unspecified atom stereocenters. The molecule has 0 bridgehead atoms. The summed E-state index contributed by atoms with van der Waals surface area (Å²) in [5.74, 6) is 2.45. The maximum absolute atomic E-state index is 5.59. The highest BCUT2D eigenvalue weighted by molar-refractivity contribution is 7.80. The van der Waals surface area contributed by atoms with E-state index in [0.29, 0.717) is 5.92 Å². The molecule has 0 amide bonds. The molecule has 0 heterocycles. The number of rotatable bonds is 12. The van der Waals surface area contributed by atoms with Crippen LogP contribution in [0.2, 0.25) is 0 Å². The van der Waals surface area contributed by atoms with Crippen molar-refractivity contribution in [3.05, 3.63) is 0 Å². The normalized spacial score (nSPS) is 12.9. The van der Waals surface area contributed by atoms with Crippen LogP contribution in [0.25, 0.3) is 0 Å². The van der Waals surface area contributed by atoms with Gasteiger partial charge in [0.15, 0.2) is 0 Å². The Bertz CT molecular complexity index is 134. The summed E-state index contributed by atoms with van der Waals surface area (Å²) >= 11 is 8.29. The van der Waals surface area contributed by atoms with Crippen LogP contribution in [-0.4, -0.2) is 37.9 Å². The minimum Gasteiger partial charge on any atom is -0.381 e. The Morgan fingerprint density at radius 2 is 1.56 bits per heavy atom. The average Bonchev–Trinajstić information content (AvgIpc) is 2.31. The number of ether oxygens (including phenoxy) is 2. The van der Waals surface area contributed by atoms with Gasteiger partial charge in [-0.2, -0.15) is 25.3 Å². The molecule has 0 aliphatic heterocycles. The van der Waals surface area contributed by atoms with Crippen LogP contribution in [0, 0.1) is 5.92 Å². The van der Waals surface area contributed by atoms with Crippen molar-refractivity contribution in [2.45, 2.75) is 32.6 Å². The molecule has 98 valence electrons. The molecule has 0 aromatic carbocycles. The van der Waals surface area contributed by atoms with E-state index in [-0.39, 0.29) is 0 Å². The third-order valence-corrected chi connectivity index (χ3v) is 3.13. The van der Waals surface area contributed by atoms with Crippen LogP contribution in [-0.2, 0) is 9.47 Å². The molecule has 0 rings (SSSR count). The zero-order valence-corrected chi connectivity index (χ0v) is 12.1. The van der Waals surface area contributed by atoms with Crippen LogP contribution in [0.15, 0.2) is 0 Å². The van der Waals surface area contributed by atoms with Gasteiger partial charge in [-0.05, 0) is 36.7 Å². The van der Waals surface area contributed by atoms with Gasteiger partial charge in [0.2, 0.25) is 0 Å². The maximum Gasteiger partial charge on any atom is 0.0495 e. The first-order chi connectivity index (χ1) is 7.85. The Labute approximate surface area is 111 Å². The van der Waals surface area contributed by atoms with Gasteiger partial charge in [0.05, 0.1) is 0 Å². The molecule has 0 fully saturated rings. The predicted octanol–water partition coefficient (Wildman–Crippen LogP) is 3.08. The van der Waals surface area contributed by atoms with Crippen molar-refractivity contribution >= 4 is 25.3 Å². The first-order valence-corrected chi connectivity index (χ1v) is 7.48. The van der Waals surface area contributed by atoms with Gasteiger partial charge in [0.25, 0.3) is 0 Å². The van der Waals surface area contributed by atoms with E-state index >= 15 is 0 Å². The quantitative estimate of drug-likeness (QED) is 0.418. The minimum absolute atomic E-state index is 0.635. The molecule has 0 aliphatic carbocycles. The second-order valence-corrected chi connectivity index (χ2v) is 4.80. The summed E-state index contributed by atoms with van der Waals surface area (Å²) in [6.07, 6.45) is 4.34.